The fraction of sp³-hybridized carbons (Fsp3) is 0.263. The first-order chi connectivity index (χ1) is 13.0. The summed E-state index contributed by atoms with van der Waals surface area (Å²) in [4.78, 5) is 14.2. The average Bonchev–Trinajstić information content (AvgIpc) is 3.14. The fourth-order valence-electron chi connectivity index (χ4n) is 2.53. The first-order valence-corrected chi connectivity index (χ1v) is 9.43. The summed E-state index contributed by atoms with van der Waals surface area (Å²) < 4.78 is 14.7. The van der Waals surface area contributed by atoms with Crippen molar-refractivity contribution < 1.29 is 9.18 Å². The van der Waals surface area contributed by atoms with Gasteiger partial charge in [0.05, 0.1) is 17.5 Å². The molecule has 27 heavy (non-hydrogen) atoms. The molecule has 0 bridgehead atoms. The van der Waals surface area contributed by atoms with Crippen molar-refractivity contribution in [2.45, 2.75) is 25.0 Å². The molecule has 0 N–H and O–H groups in total. The van der Waals surface area contributed by atoms with Crippen LogP contribution in [0, 0.1) is 12.7 Å². The van der Waals surface area contributed by atoms with Crippen LogP contribution in [-0.4, -0.2) is 43.8 Å². The van der Waals surface area contributed by atoms with Crippen LogP contribution in [0.3, 0.4) is 0 Å². The standard InChI is InChI=1S/C19H20FN5OS/c1-13-4-10-17(11-5-13)25-19(21-22-23-25)27-12-18(26)24(3)14(2)15-6-8-16(20)9-7-15/h4-11,14H,12H2,1-3H3. The van der Waals surface area contributed by atoms with E-state index in [0.29, 0.717) is 5.16 Å². The van der Waals surface area contributed by atoms with E-state index in [2.05, 4.69) is 15.5 Å². The molecule has 140 valence electrons. The van der Waals surface area contributed by atoms with E-state index in [4.69, 9.17) is 0 Å². The highest BCUT2D eigenvalue weighted by molar-refractivity contribution is 7.99. The lowest BCUT2D eigenvalue weighted by atomic mass is 10.1. The summed E-state index contributed by atoms with van der Waals surface area (Å²) >= 11 is 1.28. The number of tetrazole rings is 1. The minimum absolute atomic E-state index is 0.0599. The van der Waals surface area contributed by atoms with Gasteiger partial charge in [-0.2, -0.15) is 4.68 Å². The quantitative estimate of drug-likeness (QED) is 0.609. The summed E-state index contributed by atoms with van der Waals surface area (Å²) in [5, 5.41) is 12.3. The molecule has 3 rings (SSSR count). The summed E-state index contributed by atoms with van der Waals surface area (Å²) in [7, 11) is 1.74. The summed E-state index contributed by atoms with van der Waals surface area (Å²) in [5.41, 5.74) is 2.86. The van der Waals surface area contributed by atoms with Crippen molar-refractivity contribution in [2.24, 2.45) is 0 Å². The molecule has 0 spiro atoms. The van der Waals surface area contributed by atoms with E-state index in [0.717, 1.165) is 16.8 Å². The summed E-state index contributed by atoms with van der Waals surface area (Å²) in [5.74, 6) is -0.150. The van der Waals surface area contributed by atoms with E-state index in [1.807, 2.05) is 38.1 Å². The Balaban J connectivity index is 1.65. The van der Waals surface area contributed by atoms with Gasteiger partial charge in [0.1, 0.15) is 5.82 Å². The van der Waals surface area contributed by atoms with Gasteiger partial charge in [-0.05, 0) is 54.1 Å². The monoisotopic (exact) mass is 385 g/mol. The van der Waals surface area contributed by atoms with Crippen molar-refractivity contribution in [3.05, 3.63) is 65.5 Å². The third kappa shape index (κ3) is 4.51. The van der Waals surface area contributed by atoms with E-state index < -0.39 is 0 Å². The van der Waals surface area contributed by atoms with E-state index in [1.165, 1.54) is 23.9 Å². The second-order valence-electron chi connectivity index (χ2n) is 6.23. The maximum Gasteiger partial charge on any atom is 0.233 e. The zero-order valence-electron chi connectivity index (χ0n) is 15.3. The SMILES string of the molecule is Cc1ccc(-n2nnnc2SCC(=O)N(C)C(C)c2ccc(F)cc2)cc1. The Morgan fingerprint density at radius 2 is 1.85 bits per heavy atom. The largest absolute Gasteiger partial charge is 0.338 e. The first-order valence-electron chi connectivity index (χ1n) is 8.45. The van der Waals surface area contributed by atoms with Crippen molar-refractivity contribution in [1.29, 1.82) is 0 Å². The Bertz CT molecular complexity index is 911. The lowest BCUT2D eigenvalue weighted by Gasteiger charge is -2.25. The van der Waals surface area contributed by atoms with Crippen molar-refractivity contribution in [1.82, 2.24) is 25.1 Å². The van der Waals surface area contributed by atoms with Gasteiger partial charge in [0.25, 0.3) is 0 Å². The van der Waals surface area contributed by atoms with Crippen LogP contribution < -0.4 is 0 Å². The Kier molecular flexibility index (Phi) is 5.85. The number of rotatable bonds is 6. The molecule has 8 heteroatoms. The molecule has 0 saturated carbocycles. The number of hydrogen-bond donors (Lipinski definition) is 0. The number of carbonyl (C=O) groups is 1. The molecular formula is C19H20FN5OS. The number of aryl methyl sites for hydroxylation is 1. The molecule has 1 amide bonds. The maximum atomic E-state index is 13.1. The van der Waals surface area contributed by atoms with Crippen molar-refractivity contribution >= 4 is 17.7 Å². The molecule has 0 saturated heterocycles. The third-order valence-electron chi connectivity index (χ3n) is 4.37. The number of carbonyl (C=O) groups excluding carboxylic acids is 1. The highest BCUT2D eigenvalue weighted by Gasteiger charge is 2.19. The molecule has 1 heterocycles. The third-order valence-corrected chi connectivity index (χ3v) is 5.28. The number of amides is 1. The van der Waals surface area contributed by atoms with Gasteiger partial charge >= 0.3 is 0 Å². The molecule has 0 fully saturated rings. The van der Waals surface area contributed by atoms with Crippen LogP contribution in [0.2, 0.25) is 0 Å². The predicted molar refractivity (Wildman–Crippen MR) is 102 cm³/mol. The second-order valence-corrected chi connectivity index (χ2v) is 7.17. The molecule has 2 aromatic carbocycles. The lowest BCUT2D eigenvalue weighted by molar-refractivity contribution is -0.128. The number of hydrogen-bond acceptors (Lipinski definition) is 5. The number of halogens is 1. The maximum absolute atomic E-state index is 13.1. The fourth-order valence-corrected chi connectivity index (χ4v) is 3.34. The molecule has 0 radical (unpaired) electrons. The smallest absolute Gasteiger partial charge is 0.233 e. The first kappa shape index (κ1) is 19.0. The summed E-state index contributed by atoms with van der Waals surface area (Å²) in [6, 6.07) is 13.8. The van der Waals surface area contributed by atoms with Crippen molar-refractivity contribution in [3.63, 3.8) is 0 Å². The Morgan fingerprint density at radius 3 is 2.52 bits per heavy atom. The number of nitrogens with zero attached hydrogens (tertiary/aromatic N) is 5. The second kappa shape index (κ2) is 8.30. The Hall–Kier alpha value is -2.74. The van der Waals surface area contributed by atoms with Crippen LogP contribution >= 0.6 is 11.8 Å². The van der Waals surface area contributed by atoms with Gasteiger partial charge in [0.15, 0.2) is 0 Å². The average molecular weight is 385 g/mol. The van der Waals surface area contributed by atoms with E-state index in [9.17, 15) is 9.18 Å². The van der Waals surface area contributed by atoms with Gasteiger partial charge in [-0.25, -0.2) is 4.39 Å². The molecular weight excluding hydrogens is 365 g/mol. The van der Waals surface area contributed by atoms with Gasteiger partial charge in [0, 0.05) is 7.05 Å². The van der Waals surface area contributed by atoms with E-state index in [-0.39, 0.29) is 23.5 Å². The molecule has 3 aromatic rings. The van der Waals surface area contributed by atoms with Crippen molar-refractivity contribution in [2.75, 3.05) is 12.8 Å². The molecule has 0 aliphatic heterocycles. The van der Waals surface area contributed by atoms with Crippen LogP contribution in [0.15, 0.2) is 53.7 Å². The van der Waals surface area contributed by atoms with Crippen LogP contribution in [0.4, 0.5) is 4.39 Å². The molecule has 1 aromatic heterocycles. The van der Waals surface area contributed by atoms with Crippen LogP contribution in [0.25, 0.3) is 5.69 Å². The lowest BCUT2D eigenvalue weighted by Crippen LogP contribution is -2.31. The highest BCUT2D eigenvalue weighted by Crippen LogP contribution is 2.22. The Morgan fingerprint density at radius 1 is 1.19 bits per heavy atom. The van der Waals surface area contributed by atoms with Gasteiger partial charge in [0.2, 0.25) is 11.1 Å². The normalized spacial score (nSPS) is 12.0. The summed E-state index contributed by atoms with van der Waals surface area (Å²) in [6.07, 6.45) is 0. The van der Waals surface area contributed by atoms with Gasteiger partial charge in [-0.15, -0.1) is 5.10 Å². The van der Waals surface area contributed by atoms with Crippen LogP contribution in [0.5, 0.6) is 0 Å². The molecule has 1 atom stereocenters. The Labute approximate surface area is 161 Å². The van der Waals surface area contributed by atoms with Gasteiger partial charge in [-0.3, -0.25) is 4.79 Å². The van der Waals surface area contributed by atoms with Crippen LogP contribution in [0.1, 0.15) is 24.1 Å². The van der Waals surface area contributed by atoms with Gasteiger partial charge in [-0.1, -0.05) is 41.6 Å². The molecule has 0 aliphatic rings. The summed E-state index contributed by atoms with van der Waals surface area (Å²) in [6.45, 7) is 3.92. The molecule has 1 unspecified atom stereocenters. The number of thioether (sulfide) groups is 1. The zero-order valence-corrected chi connectivity index (χ0v) is 16.2. The van der Waals surface area contributed by atoms with E-state index in [1.54, 1.807) is 28.8 Å². The van der Waals surface area contributed by atoms with E-state index >= 15 is 0 Å². The topological polar surface area (TPSA) is 63.9 Å². The number of aromatic nitrogens is 4. The number of benzene rings is 2. The van der Waals surface area contributed by atoms with Gasteiger partial charge < -0.3 is 4.90 Å². The highest BCUT2D eigenvalue weighted by atomic mass is 32.2. The van der Waals surface area contributed by atoms with Crippen LogP contribution in [-0.2, 0) is 4.79 Å². The predicted octanol–water partition coefficient (Wildman–Crippen LogP) is 3.42. The molecule has 6 nitrogen and oxygen atoms in total. The van der Waals surface area contributed by atoms with Crippen molar-refractivity contribution in [3.8, 4) is 5.69 Å². The minimum atomic E-state index is -0.293. The minimum Gasteiger partial charge on any atom is -0.338 e. The zero-order chi connectivity index (χ0) is 19.4. The molecule has 0 aliphatic carbocycles.